The smallest absolute Gasteiger partial charge is 0.262 e. The molecule has 0 aromatic carbocycles. The lowest BCUT2D eigenvalue weighted by atomic mass is 10.0. The summed E-state index contributed by atoms with van der Waals surface area (Å²) in [6.45, 7) is 2.54. The molecule has 1 aromatic heterocycles. The molecule has 6 nitrogen and oxygen atoms in total. The number of nitrogens with zero attached hydrogens (tertiary/aromatic N) is 3. The molecule has 1 saturated heterocycles. The van der Waals surface area contributed by atoms with Crippen LogP contribution < -0.4 is 0 Å². The van der Waals surface area contributed by atoms with Gasteiger partial charge in [-0.3, -0.25) is 0 Å². The van der Waals surface area contributed by atoms with Gasteiger partial charge in [-0.1, -0.05) is 0 Å². The van der Waals surface area contributed by atoms with Crippen molar-refractivity contribution in [2.75, 3.05) is 13.1 Å². The maximum absolute atomic E-state index is 12.3. The van der Waals surface area contributed by atoms with Crippen LogP contribution >= 0.6 is 0 Å². The second-order valence-corrected chi connectivity index (χ2v) is 6.50. The molecule has 0 spiro atoms. The van der Waals surface area contributed by atoms with Crippen LogP contribution in [0.1, 0.15) is 18.7 Å². The molecule has 100 valence electrons. The number of hydrogen-bond donors (Lipinski definition) is 0. The lowest BCUT2D eigenvalue weighted by molar-refractivity contribution is -0.112. The number of aldehydes is 1. The fourth-order valence-corrected chi connectivity index (χ4v) is 3.53. The van der Waals surface area contributed by atoms with E-state index in [0.29, 0.717) is 31.8 Å². The first kappa shape index (κ1) is 13.2. The summed E-state index contributed by atoms with van der Waals surface area (Å²) in [6.07, 6.45) is 3.62. The molecular weight excluding hydrogens is 254 g/mol. The van der Waals surface area contributed by atoms with Crippen LogP contribution in [0.4, 0.5) is 0 Å². The minimum absolute atomic E-state index is 0.0121. The summed E-state index contributed by atoms with van der Waals surface area (Å²) in [7, 11) is -1.75. The van der Waals surface area contributed by atoms with Gasteiger partial charge in [0.05, 0.1) is 0 Å². The molecule has 1 aromatic rings. The molecule has 2 heterocycles. The summed E-state index contributed by atoms with van der Waals surface area (Å²) in [6, 6.07) is 0. The van der Waals surface area contributed by atoms with Crippen LogP contribution in [0.15, 0.2) is 11.2 Å². The zero-order valence-electron chi connectivity index (χ0n) is 10.5. The second kappa shape index (κ2) is 4.81. The fraction of sp³-hybridized carbons (Fsp3) is 0.636. The van der Waals surface area contributed by atoms with Gasteiger partial charge in [-0.15, -0.1) is 0 Å². The number of rotatable bonds is 3. The third-order valence-corrected chi connectivity index (χ3v) is 5.15. The van der Waals surface area contributed by atoms with Crippen molar-refractivity contribution in [3.8, 4) is 0 Å². The lowest BCUT2D eigenvalue weighted by Gasteiger charge is -2.27. The molecule has 0 radical (unpaired) electrons. The van der Waals surface area contributed by atoms with Gasteiger partial charge in [-0.2, -0.15) is 4.31 Å². The van der Waals surface area contributed by atoms with Crippen LogP contribution in [0.5, 0.6) is 0 Å². The average molecular weight is 271 g/mol. The van der Waals surface area contributed by atoms with E-state index < -0.39 is 10.0 Å². The molecule has 0 saturated carbocycles. The molecule has 1 aliphatic heterocycles. The predicted octanol–water partition coefficient (Wildman–Crippen LogP) is 0.328. The van der Waals surface area contributed by atoms with Gasteiger partial charge in [0.2, 0.25) is 0 Å². The van der Waals surface area contributed by atoms with E-state index in [0.717, 1.165) is 6.29 Å². The standard InChI is InChI=1S/C11H17N3O3S/c1-9-12-11(7-13(9)2)18(16,17)14-5-3-10(8-15)4-6-14/h7-8,10H,3-6H2,1-2H3. The highest BCUT2D eigenvalue weighted by Gasteiger charge is 2.31. The highest BCUT2D eigenvalue weighted by atomic mass is 32.2. The Morgan fingerprint density at radius 2 is 2.00 bits per heavy atom. The Hall–Kier alpha value is -1.21. The molecule has 0 atom stereocenters. The molecule has 0 N–H and O–H groups in total. The van der Waals surface area contributed by atoms with E-state index in [4.69, 9.17) is 0 Å². The minimum atomic E-state index is -3.51. The Labute approximate surface area is 107 Å². The Morgan fingerprint density at radius 1 is 1.39 bits per heavy atom. The Bertz CT molecular complexity index is 522. The maximum atomic E-state index is 12.3. The molecule has 7 heteroatoms. The van der Waals surface area contributed by atoms with E-state index in [2.05, 4.69) is 4.98 Å². The van der Waals surface area contributed by atoms with Gasteiger partial charge in [0.1, 0.15) is 12.1 Å². The Kier molecular flexibility index (Phi) is 3.54. The number of carbonyl (C=O) groups is 1. The molecule has 1 fully saturated rings. The summed E-state index contributed by atoms with van der Waals surface area (Å²) < 4.78 is 27.7. The molecular formula is C11H17N3O3S. The van der Waals surface area contributed by atoms with E-state index >= 15 is 0 Å². The third kappa shape index (κ3) is 2.32. The number of sulfonamides is 1. The Morgan fingerprint density at radius 3 is 2.44 bits per heavy atom. The van der Waals surface area contributed by atoms with E-state index in [-0.39, 0.29) is 10.9 Å². The van der Waals surface area contributed by atoms with E-state index in [1.807, 2.05) is 0 Å². The highest BCUT2D eigenvalue weighted by Crippen LogP contribution is 2.22. The quantitative estimate of drug-likeness (QED) is 0.743. The first-order chi connectivity index (χ1) is 8.45. The van der Waals surface area contributed by atoms with Crippen LogP contribution in [0.25, 0.3) is 0 Å². The summed E-state index contributed by atoms with van der Waals surface area (Å²) in [4.78, 5) is 14.7. The van der Waals surface area contributed by atoms with Crippen LogP contribution in [0.3, 0.4) is 0 Å². The number of imidazole rings is 1. The molecule has 0 bridgehead atoms. The van der Waals surface area contributed by atoms with Gasteiger partial charge in [0, 0.05) is 32.3 Å². The Balaban J connectivity index is 2.19. The van der Waals surface area contributed by atoms with Gasteiger partial charge in [-0.05, 0) is 19.8 Å². The molecule has 1 aliphatic rings. The van der Waals surface area contributed by atoms with Crippen molar-refractivity contribution in [2.45, 2.75) is 24.8 Å². The van der Waals surface area contributed by atoms with Crippen molar-refractivity contribution in [3.63, 3.8) is 0 Å². The summed E-state index contributed by atoms with van der Waals surface area (Å²) in [5.41, 5.74) is 0. The van der Waals surface area contributed by atoms with E-state index in [1.165, 1.54) is 10.5 Å². The van der Waals surface area contributed by atoms with Crippen molar-refractivity contribution < 1.29 is 13.2 Å². The zero-order valence-corrected chi connectivity index (χ0v) is 11.4. The van der Waals surface area contributed by atoms with Crippen LogP contribution in [0, 0.1) is 12.8 Å². The first-order valence-corrected chi connectivity index (χ1v) is 7.34. The number of hydrogen-bond acceptors (Lipinski definition) is 4. The predicted molar refractivity (Wildman–Crippen MR) is 65.5 cm³/mol. The normalized spacial score (nSPS) is 19.0. The molecule has 0 aliphatic carbocycles. The number of aryl methyl sites for hydroxylation is 2. The maximum Gasteiger partial charge on any atom is 0.262 e. The van der Waals surface area contributed by atoms with Crippen molar-refractivity contribution in [1.29, 1.82) is 0 Å². The van der Waals surface area contributed by atoms with Crippen molar-refractivity contribution in [1.82, 2.24) is 13.9 Å². The number of carbonyl (C=O) groups excluding carboxylic acids is 1. The minimum Gasteiger partial charge on any atom is -0.337 e. The highest BCUT2D eigenvalue weighted by molar-refractivity contribution is 7.89. The summed E-state index contributed by atoms with van der Waals surface area (Å²) in [5.74, 6) is 0.651. The molecule has 0 unspecified atom stereocenters. The van der Waals surface area contributed by atoms with Crippen molar-refractivity contribution >= 4 is 16.3 Å². The molecule has 18 heavy (non-hydrogen) atoms. The van der Waals surface area contributed by atoms with Crippen LogP contribution in [0.2, 0.25) is 0 Å². The van der Waals surface area contributed by atoms with Crippen LogP contribution in [-0.4, -0.2) is 41.6 Å². The average Bonchev–Trinajstić information content (AvgIpc) is 2.70. The largest absolute Gasteiger partial charge is 0.337 e. The van der Waals surface area contributed by atoms with Gasteiger partial charge in [-0.25, -0.2) is 13.4 Å². The number of aromatic nitrogens is 2. The van der Waals surface area contributed by atoms with Crippen molar-refractivity contribution in [3.05, 3.63) is 12.0 Å². The van der Waals surface area contributed by atoms with Gasteiger partial charge < -0.3 is 9.36 Å². The fourth-order valence-electron chi connectivity index (χ4n) is 2.04. The summed E-state index contributed by atoms with van der Waals surface area (Å²) >= 11 is 0. The zero-order chi connectivity index (χ0) is 13.3. The van der Waals surface area contributed by atoms with E-state index in [1.54, 1.807) is 18.5 Å². The van der Waals surface area contributed by atoms with Gasteiger partial charge in [0.15, 0.2) is 5.03 Å². The van der Waals surface area contributed by atoms with Crippen molar-refractivity contribution in [2.24, 2.45) is 13.0 Å². The van der Waals surface area contributed by atoms with Crippen LogP contribution in [-0.2, 0) is 21.9 Å². The van der Waals surface area contributed by atoms with Gasteiger partial charge >= 0.3 is 0 Å². The molecule has 0 amide bonds. The lowest BCUT2D eigenvalue weighted by Crippen LogP contribution is -2.38. The van der Waals surface area contributed by atoms with Gasteiger partial charge in [0.25, 0.3) is 10.0 Å². The number of piperidine rings is 1. The molecule has 2 rings (SSSR count). The third-order valence-electron chi connectivity index (χ3n) is 3.38. The first-order valence-electron chi connectivity index (χ1n) is 5.90. The monoisotopic (exact) mass is 271 g/mol. The summed E-state index contributed by atoms with van der Waals surface area (Å²) in [5, 5.41) is 0.0899. The topological polar surface area (TPSA) is 72.3 Å². The second-order valence-electron chi connectivity index (χ2n) is 4.61. The SMILES string of the molecule is Cc1nc(S(=O)(=O)N2CCC(C=O)CC2)cn1C. The van der Waals surface area contributed by atoms with E-state index in [9.17, 15) is 13.2 Å².